The van der Waals surface area contributed by atoms with Crippen molar-refractivity contribution < 1.29 is 4.74 Å². The van der Waals surface area contributed by atoms with Crippen molar-refractivity contribution in [2.45, 2.75) is 51.4 Å². The maximum atomic E-state index is 6.18. The molecule has 0 radical (unpaired) electrons. The Bertz CT molecular complexity index is 502. The van der Waals surface area contributed by atoms with E-state index in [1.807, 2.05) is 18.2 Å². The Hall–Kier alpha value is -0.620. The van der Waals surface area contributed by atoms with Crippen LogP contribution in [-0.4, -0.2) is 11.2 Å². The molecule has 20 heavy (non-hydrogen) atoms. The predicted octanol–water partition coefficient (Wildman–Crippen LogP) is 3.13. The molecule has 1 aliphatic heterocycles. The zero-order valence-corrected chi connectivity index (χ0v) is 14.1. The highest BCUT2D eigenvalue weighted by molar-refractivity contribution is 9.10. The van der Waals surface area contributed by atoms with Gasteiger partial charge in [-0.05, 0) is 57.9 Å². The average Bonchev–Trinajstić information content (AvgIpc) is 2.53. The number of ether oxygens (including phenoxy) is 1. The second-order valence-corrected chi connectivity index (χ2v) is 7.61. The summed E-state index contributed by atoms with van der Waals surface area (Å²) >= 11 is 3.50. The Morgan fingerprint density at radius 1 is 1.35 bits per heavy atom. The number of halogens is 1. The lowest BCUT2D eigenvalue weighted by Gasteiger charge is -2.33. The van der Waals surface area contributed by atoms with Gasteiger partial charge in [-0.3, -0.25) is 11.3 Å². The number of nitrogens with one attached hydrogen (secondary N) is 1. The molecule has 112 valence electrons. The molecular weight excluding hydrogens is 318 g/mol. The van der Waals surface area contributed by atoms with Gasteiger partial charge in [0, 0.05) is 16.1 Å². The van der Waals surface area contributed by atoms with Gasteiger partial charge in [0.1, 0.15) is 0 Å². The summed E-state index contributed by atoms with van der Waals surface area (Å²) in [4.78, 5) is 0. The Morgan fingerprint density at radius 3 is 2.50 bits per heavy atom. The molecule has 2 unspecified atom stereocenters. The van der Waals surface area contributed by atoms with E-state index >= 15 is 0 Å². The standard InChI is InChI=1S/C15H24BrN3O/c1-14(2)8-11(15(3,4)20-14)13(19-18)10-7-9(16)5-6-12(10)17/h5-7,11,13,19H,8,17-18H2,1-4H3. The molecule has 0 aromatic heterocycles. The van der Waals surface area contributed by atoms with E-state index in [4.69, 9.17) is 16.3 Å². The van der Waals surface area contributed by atoms with E-state index in [-0.39, 0.29) is 23.2 Å². The van der Waals surface area contributed by atoms with E-state index in [9.17, 15) is 0 Å². The van der Waals surface area contributed by atoms with Gasteiger partial charge in [-0.1, -0.05) is 15.9 Å². The van der Waals surface area contributed by atoms with E-state index in [0.717, 1.165) is 22.1 Å². The van der Waals surface area contributed by atoms with Crippen molar-refractivity contribution >= 4 is 21.6 Å². The van der Waals surface area contributed by atoms with Crippen LogP contribution in [0.25, 0.3) is 0 Å². The molecule has 4 nitrogen and oxygen atoms in total. The number of hydrazine groups is 1. The van der Waals surface area contributed by atoms with Gasteiger partial charge in [0.05, 0.1) is 17.2 Å². The van der Waals surface area contributed by atoms with Crippen LogP contribution in [0.5, 0.6) is 0 Å². The van der Waals surface area contributed by atoms with Gasteiger partial charge < -0.3 is 10.5 Å². The van der Waals surface area contributed by atoms with Crippen LogP contribution in [0, 0.1) is 5.92 Å². The second-order valence-electron chi connectivity index (χ2n) is 6.69. The molecule has 1 saturated heterocycles. The molecule has 0 saturated carbocycles. The van der Waals surface area contributed by atoms with E-state index in [1.54, 1.807) is 0 Å². The number of nitrogen functional groups attached to an aromatic ring is 1. The number of anilines is 1. The molecule has 1 aromatic rings. The van der Waals surface area contributed by atoms with E-state index < -0.39 is 0 Å². The maximum absolute atomic E-state index is 6.18. The fourth-order valence-electron chi connectivity index (χ4n) is 3.36. The highest BCUT2D eigenvalue weighted by Gasteiger charge is 2.49. The zero-order chi connectivity index (χ0) is 15.1. The van der Waals surface area contributed by atoms with Gasteiger partial charge in [-0.2, -0.15) is 0 Å². The predicted molar refractivity (Wildman–Crippen MR) is 86.0 cm³/mol. The number of rotatable bonds is 3. The quantitative estimate of drug-likeness (QED) is 0.448. The third-order valence-electron chi connectivity index (χ3n) is 4.11. The Morgan fingerprint density at radius 2 is 2.00 bits per heavy atom. The highest BCUT2D eigenvalue weighted by atomic mass is 79.9. The van der Waals surface area contributed by atoms with E-state index in [0.29, 0.717) is 0 Å². The summed E-state index contributed by atoms with van der Waals surface area (Å²) < 4.78 is 7.17. The van der Waals surface area contributed by atoms with Crippen LogP contribution >= 0.6 is 15.9 Å². The van der Waals surface area contributed by atoms with Gasteiger partial charge in [-0.15, -0.1) is 0 Å². The largest absolute Gasteiger partial charge is 0.398 e. The fourth-order valence-corrected chi connectivity index (χ4v) is 3.74. The Balaban J connectivity index is 2.40. The third-order valence-corrected chi connectivity index (χ3v) is 4.60. The van der Waals surface area contributed by atoms with Crippen molar-refractivity contribution in [3.8, 4) is 0 Å². The average molecular weight is 342 g/mol. The molecule has 0 spiro atoms. The monoisotopic (exact) mass is 341 g/mol. The molecule has 1 heterocycles. The minimum absolute atomic E-state index is 0.0377. The van der Waals surface area contributed by atoms with Gasteiger partial charge in [0.15, 0.2) is 0 Å². The minimum atomic E-state index is -0.255. The van der Waals surface area contributed by atoms with Gasteiger partial charge in [0.25, 0.3) is 0 Å². The second kappa shape index (κ2) is 5.30. The molecule has 1 fully saturated rings. The normalized spacial score (nSPS) is 25.6. The number of nitrogens with two attached hydrogens (primary N) is 2. The molecule has 5 N–H and O–H groups in total. The summed E-state index contributed by atoms with van der Waals surface area (Å²) in [6.07, 6.45) is 0.931. The van der Waals surface area contributed by atoms with Crippen LogP contribution in [-0.2, 0) is 4.74 Å². The summed E-state index contributed by atoms with van der Waals surface area (Å²) in [7, 11) is 0. The lowest BCUT2D eigenvalue weighted by molar-refractivity contribution is -0.0778. The number of hydrogen-bond donors (Lipinski definition) is 3. The van der Waals surface area contributed by atoms with Crippen LogP contribution in [0.2, 0.25) is 0 Å². The molecule has 1 aromatic carbocycles. The summed E-state index contributed by atoms with van der Waals surface area (Å²) in [6, 6.07) is 5.83. The van der Waals surface area contributed by atoms with Crippen LogP contribution < -0.4 is 17.0 Å². The SMILES string of the molecule is CC1(C)CC(C(NN)c2cc(Br)ccc2N)C(C)(C)O1. The molecule has 2 rings (SSSR count). The zero-order valence-electron chi connectivity index (χ0n) is 12.5. The van der Waals surface area contributed by atoms with Crippen molar-refractivity contribution in [2.75, 3.05) is 5.73 Å². The van der Waals surface area contributed by atoms with E-state index in [1.165, 1.54) is 0 Å². The highest BCUT2D eigenvalue weighted by Crippen LogP contribution is 2.48. The molecule has 1 aliphatic rings. The Labute approximate surface area is 129 Å². The van der Waals surface area contributed by atoms with Gasteiger partial charge in [0.2, 0.25) is 0 Å². The number of benzene rings is 1. The molecule has 0 bridgehead atoms. The summed E-state index contributed by atoms with van der Waals surface area (Å²) in [5, 5.41) is 0. The minimum Gasteiger partial charge on any atom is -0.398 e. The van der Waals surface area contributed by atoms with Crippen LogP contribution in [0.15, 0.2) is 22.7 Å². The lowest BCUT2D eigenvalue weighted by atomic mass is 9.79. The van der Waals surface area contributed by atoms with Gasteiger partial charge in [-0.25, -0.2) is 0 Å². The fraction of sp³-hybridized carbons (Fsp3) is 0.600. The van der Waals surface area contributed by atoms with Crippen molar-refractivity contribution in [3.63, 3.8) is 0 Å². The molecular formula is C15H24BrN3O. The van der Waals surface area contributed by atoms with Crippen molar-refractivity contribution in [1.29, 1.82) is 0 Å². The maximum Gasteiger partial charge on any atom is 0.0681 e. The van der Waals surface area contributed by atoms with Crippen molar-refractivity contribution in [2.24, 2.45) is 11.8 Å². The van der Waals surface area contributed by atoms with E-state index in [2.05, 4.69) is 49.1 Å². The first-order chi connectivity index (χ1) is 9.16. The molecule has 2 atom stereocenters. The Kier molecular flexibility index (Phi) is 4.17. The molecule has 5 heteroatoms. The third kappa shape index (κ3) is 3.01. The summed E-state index contributed by atoms with van der Waals surface area (Å²) in [5.74, 6) is 6.09. The van der Waals surface area contributed by atoms with Crippen molar-refractivity contribution in [3.05, 3.63) is 28.2 Å². The van der Waals surface area contributed by atoms with Crippen LogP contribution in [0.1, 0.15) is 45.7 Å². The van der Waals surface area contributed by atoms with Crippen LogP contribution in [0.3, 0.4) is 0 Å². The number of hydrogen-bond acceptors (Lipinski definition) is 4. The summed E-state index contributed by atoms with van der Waals surface area (Å²) in [6.45, 7) is 8.47. The first-order valence-electron chi connectivity index (χ1n) is 6.87. The summed E-state index contributed by atoms with van der Waals surface area (Å²) in [5.41, 5.74) is 10.4. The first-order valence-corrected chi connectivity index (χ1v) is 7.67. The molecule has 0 amide bonds. The topological polar surface area (TPSA) is 73.3 Å². The molecule has 0 aliphatic carbocycles. The van der Waals surface area contributed by atoms with Gasteiger partial charge >= 0.3 is 0 Å². The lowest BCUT2D eigenvalue weighted by Crippen LogP contribution is -2.41. The van der Waals surface area contributed by atoms with Crippen LogP contribution in [0.4, 0.5) is 5.69 Å². The van der Waals surface area contributed by atoms with Crippen molar-refractivity contribution in [1.82, 2.24) is 5.43 Å². The first kappa shape index (κ1) is 15.8. The smallest absolute Gasteiger partial charge is 0.0681 e.